The van der Waals surface area contributed by atoms with E-state index in [0.717, 1.165) is 34.7 Å². The molecule has 0 fully saturated rings. The molecule has 4 aromatic rings. The smallest absolute Gasteiger partial charge is 0.408 e. The van der Waals surface area contributed by atoms with E-state index in [1.54, 1.807) is 25.7 Å². The van der Waals surface area contributed by atoms with Gasteiger partial charge in [-0.1, -0.05) is 106 Å². The van der Waals surface area contributed by atoms with Gasteiger partial charge in [0, 0.05) is 18.2 Å². The molecule has 48 heavy (non-hydrogen) atoms. The van der Waals surface area contributed by atoms with Crippen molar-refractivity contribution in [3.63, 3.8) is 0 Å². The molecule has 3 amide bonds. The Hall–Kier alpha value is -4.65. The van der Waals surface area contributed by atoms with E-state index in [-0.39, 0.29) is 24.3 Å². The highest BCUT2D eigenvalue weighted by molar-refractivity contribution is 6.00. The van der Waals surface area contributed by atoms with E-state index in [1.807, 2.05) is 104 Å². The van der Waals surface area contributed by atoms with Crippen molar-refractivity contribution in [2.45, 2.75) is 97.9 Å². The number of carbonyl (C=O) groups is 3. The molecule has 4 rings (SSSR count). The van der Waals surface area contributed by atoms with E-state index in [1.165, 1.54) is 0 Å². The number of benzene rings is 4. The molecule has 4 aromatic carbocycles. The quantitative estimate of drug-likeness (QED) is 0.151. The lowest BCUT2D eigenvalue weighted by Gasteiger charge is -2.39. The number of aryl methyl sites for hydroxylation is 1. The molecule has 0 aromatic heterocycles. The van der Waals surface area contributed by atoms with E-state index >= 15 is 0 Å². The molecular weight excluding hydrogens is 598 g/mol. The molecule has 0 spiro atoms. The van der Waals surface area contributed by atoms with E-state index in [4.69, 9.17) is 4.74 Å². The summed E-state index contributed by atoms with van der Waals surface area (Å²) in [5.41, 5.74) is 2.60. The molecule has 7 nitrogen and oxygen atoms in total. The fourth-order valence-electron chi connectivity index (χ4n) is 5.84. The highest BCUT2D eigenvalue weighted by atomic mass is 16.6. The van der Waals surface area contributed by atoms with Crippen LogP contribution < -0.4 is 10.6 Å². The molecule has 254 valence electrons. The van der Waals surface area contributed by atoms with Crippen LogP contribution in [0.15, 0.2) is 97.1 Å². The summed E-state index contributed by atoms with van der Waals surface area (Å²) in [6.45, 7) is 13.7. The van der Waals surface area contributed by atoms with Gasteiger partial charge in [0.15, 0.2) is 0 Å². The van der Waals surface area contributed by atoms with Gasteiger partial charge in [0.1, 0.15) is 17.7 Å². The van der Waals surface area contributed by atoms with Crippen molar-refractivity contribution in [3.05, 3.63) is 114 Å². The lowest BCUT2D eigenvalue weighted by Crippen LogP contribution is -2.55. The van der Waals surface area contributed by atoms with Crippen LogP contribution in [0.3, 0.4) is 0 Å². The van der Waals surface area contributed by atoms with Crippen LogP contribution in [0.4, 0.5) is 10.5 Å². The van der Waals surface area contributed by atoms with Crippen LogP contribution >= 0.6 is 0 Å². The van der Waals surface area contributed by atoms with Crippen LogP contribution in [0, 0.1) is 5.92 Å². The number of hydrogen-bond donors (Lipinski definition) is 2. The lowest BCUT2D eigenvalue weighted by molar-refractivity contribution is -0.143. The molecule has 3 atom stereocenters. The number of nitrogens with zero attached hydrogens (tertiary/aromatic N) is 1. The van der Waals surface area contributed by atoms with Crippen molar-refractivity contribution in [3.8, 4) is 0 Å². The summed E-state index contributed by atoms with van der Waals surface area (Å²) in [7, 11) is 0. The fourth-order valence-corrected chi connectivity index (χ4v) is 5.84. The number of hydrogen-bond acceptors (Lipinski definition) is 4. The summed E-state index contributed by atoms with van der Waals surface area (Å²) in [5, 5.41) is 8.07. The zero-order valence-corrected chi connectivity index (χ0v) is 29.5. The van der Waals surface area contributed by atoms with E-state index < -0.39 is 23.8 Å². The molecule has 0 bridgehead atoms. The second-order valence-electron chi connectivity index (χ2n) is 14.0. The molecule has 3 unspecified atom stereocenters. The van der Waals surface area contributed by atoms with Crippen LogP contribution in [-0.4, -0.2) is 40.5 Å². The van der Waals surface area contributed by atoms with Gasteiger partial charge >= 0.3 is 6.09 Å². The van der Waals surface area contributed by atoms with Crippen LogP contribution in [0.25, 0.3) is 10.8 Å². The predicted molar refractivity (Wildman–Crippen MR) is 195 cm³/mol. The first kappa shape index (κ1) is 36.2. The third-order valence-corrected chi connectivity index (χ3v) is 8.41. The number of rotatable bonds is 13. The topological polar surface area (TPSA) is 87.7 Å². The van der Waals surface area contributed by atoms with E-state index in [2.05, 4.69) is 31.4 Å². The minimum atomic E-state index is -0.977. The summed E-state index contributed by atoms with van der Waals surface area (Å²) >= 11 is 0. The average Bonchev–Trinajstić information content (AvgIpc) is 3.05. The van der Waals surface area contributed by atoms with Crippen LogP contribution in [0.2, 0.25) is 0 Å². The van der Waals surface area contributed by atoms with Crippen LogP contribution in [-0.2, 0) is 27.2 Å². The molecule has 0 aliphatic carbocycles. The third kappa shape index (κ3) is 10.2. The van der Waals surface area contributed by atoms with Gasteiger partial charge in [-0.05, 0) is 92.5 Å². The molecule has 0 saturated carbocycles. The molecular formula is C41H51N3O4. The summed E-state index contributed by atoms with van der Waals surface area (Å²) in [6, 6.07) is 29.0. The van der Waals surface area contributed by atoms with Crippen molar-refractivity contribution in [1.29, 1.82) is 0 Å². The van der Waals surface area contributed by atoms with Crippen molar-refractivity contribution in [2.24, 2.45) is 5.92 Å². The molecule has 0 saturated heterocycles. The van der Waals surface area contributed by atoms with Crippen molar-refractivity contribution < 1.29 is 19.1 Å². The lowest BCUT2D eigenvalue weighted by atomic mass is 9.95. The molecule has 7 heteroatoms. The zero-order valence-electron chi connectivity index (χ0n) is 29.5. The third-order valence-electron chi connectivity index (χ3n) is 8.41. The highest BCUT2D eigenvalue weighted by Crippen LogP contribution is 2.30. The second kappa shape index (κ2) is 16.4. The monoisotopic (exact) mass is 649 g/mol. The number of anilines is 1. The Bertz CT molecular complexity index is 1660. The van der Waals surface area contributed by atoms with Crippen LogP contribution in [0.1, 0.15) is 84.0 Å². The molecule has 0 aliphatic heterocycles. The first-order valence-corrected chi connectivity index (χ1v) is 17.1. The number of carbonyl (C=O) groups excluding carboxylic acids is 3. The first-order chi connectivity index (χ1) is 22.8. The standard InChI is InChI=1S/C41H51N3O4/c1-8-30-20-22-33(23-21-30)37(38(45)42-35-25-24-32-16-12-13-17-34(32)27-35)44(29(4)19-18-28(2)3)39(46)36(26-31-14-10-9-11-15-31)43-40(47)48-41(5,6)7/h9-17,20-25,27-29,36-37H,8,18-19,26H2,1-7H3,(H,42,45)(H,43,47). The average molecular weight is 650 g/mol. The van der Waals surface area contributed by atoms with Crippen molar-refractivity contribution in [1.82, 2.24) is 10.2 Å². The van der Waals surface area contributed by atoms with Crippen LogP contribution in [0.5, 0.6) is 0 Å². The fraction of sp³-hybridized carbons (Fsp3) is 0.390. The molecule has 0 heterocycles. The Kier molecular flexibility index (Phi) is 12.4. The maximum Gasteiger partial charge on any atom is 0.408 e. The first-order valence-electron chi connectivity index (χ1n) is 17.1. The van der Waals surface area contributed by atoms with E-state index in [9.17, 15) is 14.4 Å². The van der Waals surface area contributed by atoms with E-state index in [0.29, 0.717) is 23.6 Å². The van der Waals surface area contributed by atoms with Gasteiger partial charge in [-0.15, -0.1) is 0 Å². The maximum atomic E-state index is 15.0. The van der Waals surface area contributed by atoms with Gasteiger partial charge in [0.05, 0.1) is 0 Å². The second-order valence-corrected chi connectivity index (χ2v) is 14.0. The minimum Gasteiger partial charge on any atom is -0.444 e. The van der Waals surface area contributed by atoms with Crippen molar-refractivity contribution >= 4 is 34.4 Å². The zero-order chi connectivity index (χ0) is 34.8. The normalized spacial score (nSPS) is 13.4. The number of nitrogens with one attached hydrogen (secondary N) is 2. The SMILES string of the molecule is CCc1ccc(C(C(=O)Nc2ccc3ccccc3c2)N(C(=O)C(Cc2ccccc2)NC(=O)OC(C)(C)C)C(C)CCC(C)C)cc1. The molecule has 2 N–H and O–H groups in total. The molecule has 0 aliphatic rings. The Labute approximate surface area is 286 Å². The van der Waals surface area contributed by atoms with Gasteiger partial charge in [-0.25, -0.2) is 4.79 Å². The summed E-state index contributed by atoms with van der Waals surface area (Å²) in [5.74, 6) is -0.271. The number of amides is 3. The van der Waals surface area contributed by atoms with Crippen molar-refractivity contribution in [2.75, 3.05) is 5.32 Å². The summed E-state index contributed by atoms with van der Waals surface area (Å²) in [6.07, 6.45) is 1.94. The number of ether oxygens (including phenoxy) is 1. The Morgan fingerprint density at radius 3 is 2.04 bits per heavy atom. The van der Waals surface area contributed by atoms with Gasteiger partial charge < -0.3 is 20.3 Å². The van der Waals surface area contributed by atoms with Gasteiger partial charge in [0.2, 0.25) is 5.91 Å². The Morgan fingerprint density at radius 2 is 1.42 bits per heavy atom. The summed E-state index contributed by atoms with van der Waals surface area (Å²) < 4.78 is 5.61. The predicted octanol–water partition coefficient (Wildman–Crippen LogP) is 8.87. The van der Waals surface area contributed by atoms with Gasteiger partial charge in [0.25, 0.3) is 5.91 Å². The number of alkyl carbamates (subject to hydrolysis) is 1. The largest absolute Gasteiger partial charge is 0.444 e. The molecule has 0 radical (unpaired) electrons. The van der Waals surface area contributed by atoms with Gasteiger partial charge in [-0.3, -0.25) is 9.59 Å². The Balaban J connectivity index is 1.80. The number of fused-ring (bicyclic) bond motifs is 1. The summed E-state index contributed by atoms with van der Waals surface area (Å²) in [4.78, 5) is 44.4. The minimum absolute atomic E-state index is 0.236. The highest BCUT2D eigenvalue weighted by Gasteiger charge is 2.39. The Morgan fingerprint density at radius 1 is 0.771 bits per heavy atom. The maximum absolute atomic E-state index is 15.0. The van der Waals surface area contributed by atoms with Gasteiger partial charge in [-0.2, -0.15) is 0 Å².